The van der Waals surface area contributed by atoms with Gasteiger partial charge in [-0.3, -0.25) is 14.5 Å². The number of aromatic nitrogens is 2. The van der Waals surface area contributed by atoms with Gasteiger partial charge in [0.25, 0.3) is 5.91 Å². The number of carbonyl (C=O) groups is 1. The van der Waals surface area contributed by atoms with Crippen molar-refractivity contribution in [1.82, 2.24) is 19.6 Å². The number of nitrogens with zero attached hydrogens (tertiary/aromatic N) is 5. The Morgan fingerprint density at radius 2 is 1.78 bits per heavy atom. The largest absolute Gasteiger partial charge is 0.397 e. The first-order valence-electron chi connectivity index (χ1n) is 15.0. The van der Waals surface area contributed by atoms with Crippen LogP contribution in [0.1, 0.15) is 50.1 Å². The van der Waals surface area contributed by atoms with Crippen LogP contribution in [-0.2, 0) is 11.8 Å². The zero-order valence-corrected chi connectivity index (χ0v) is 28.7. The maximum absolute atomic E-state index is 14.6. The fourth-order valence-corrected chi connectivity index (χ4v) is 4.15. The number of hydrogen-bond acceptors (Lipinski definition) is 7. The van der Waals surface area contributed by atoms with Crippen molar-refractivity contribution in [2.45, 2.75) is 54.6 Å². The molecule has 256 valence electrons. The summed E-state index contributed by atoms with van der Waals surface area (Å²) in [6.45, 7) is 17.4. The maximum Gasteiger partial charge on any atom is 0.394 e. The van der Waals surface area contributed by atoms with E-state index in [4.69, 9.17) is 11.6 Å². The van der Waals surface area contributed by atoms with Crippen molar-refractivity contribution in [2.24, 2.45) is 24.5 Å². The average molecular weight is 651 g/mol. The Kier molecular flexibility index (Phi) is 15.2. The van der Waals surface area contributed by atoms with Gasteiger partial charge in [-0.05, 0) is 63.7 Å². The van der Waals surface area contributed by atoms with Crippen molar-refractivity contribution >= 4 is 23.0 Å². The van der Waals surface area contributed by atoms with Crippen molar-refractivity contribution in [2.75, 3.05) is 44.1 Å². The molecule has 0 aliphatic carbocycles. The number of likely N-dealkylation sites (N-methyl/N-ethyl adjacent to an activating group) is 2. The summed E-state index contributed by atoms with van der Waals surface area (Å²) in [6, 6.07) is 3.25. The van der Waals surface area contributed by atoms with Crippen molar-refractivity contribution < 1.29 is 22.4 Å². The number of amides is 1. The summed E-state index contributed by atoms with van der Waals surface area (Å²) in [6.07, 6.45) is 0.368. The van der Waals surface area contributed by atoms with Crippen LogP contribution in [0.2, 0.25) is 0 Å². The van der Waals surface area contributed by atoms with Crippen LogP contribution >= 0.6 is 0 Å². The molecule has 1 aromatic heterocycles. The monoisotopic (exact) mass is 650 g/mol. The normalized spacial score (nSPS) is 13.3. The molecular formula is C33H50F4N8O. The van der Waals surface area contributed by atoms with Crippen LogP contribution in [0, 0.1) is 26.7 Å². The SMILES string of the molecule is C=C(F)/C(=C\C(=C/C(C)C(F)(F)F)C(=O)Nc1cc(C)c(C)c(N(N)/C=C(\N)c2cnn(C)c2C)c1)N(C)CCN(C)CC.CC. The van der Waals surface area contributed by atoms with Crippen LogP contribution in [0.3, 0.4) is 0 Å². The van der Waals surface area contributed by atoms with Gasteiger partial charge in [0.1, 0.15) is 5.83 Å². The predicted molar refractivity (Wildman–Crippen MR) is 180 cm³/mol. The molecule has 1 amide bonds. The molecule has 0 saturated heterocycles. The first kappa shape index (κ1) is 39.9. The van der Waals surface area contributed by atoms with Gasteiger partial charge in [0.15, 0.2) is 0 Å². The zero-order valence-electron chi connectivity index (χ0n) is 28.7. The van der Waals surface area contributed by atoms with Gasteiger partial charge < -0.3 is 20.9 Å². The number of nitrogens with one attached hydrogen (secondary N) is 1. The van der Waals surface area contributed by atoms with Crippen LogP contribution in [-0.4, -0.2) is 65.4 Å². The number of alkyl halides is 3. The second-order valence-corrected chi connectivity index (χ2v) is 10.9. The summed E-state index contributed by atoms with van der Waals surface area (Å²) in [5.74, 6) is 2.63. The Bertz CT molecular complexity index is 1440. The Hall–Kier alpha value is -4.10. The van der Waals surface area contributed by atoms with Crippen LogP contribution in [0.15, 0.2) is 60.4 Å². The fourth-order valence-electron chi connectivity index (χ4n) is 4.15. The smallest absolute Gasteiger partial charge is 0.394 e. The summed E-state index contributed by atoms with van der Waals surface area (Å²) >= 11 is 0. The molecule has 2 rings (SSSR count). The van der Waals surface area contributed by atoms with E-state index in [1.807, 2.05) is 46.6 Å². The minimum Gasteiger partial charge on any atom is -0.397 e. The molecule has 46 heavy (non-hydrogen) atoms. The summed E-state index contributed by atoms with van der Waals surface area (Å²) in [5, 5.41) is 8.14. The third-order valence-corrected chi connectivity index (χ3v) is 7.55. The molecule has 0 spiro atoms. The van der Waals surface area contributed by atoms with E-state index in [0.29, 0.717) is 30.0 Å². The second kappa shape index (κ2) is 17.6. The lowest BCUT2D eigenvalue weighted by atomic mass is 10.0. The number of anilines is 2. The molecule has 1 heterocycles. The molecule has 0 aliphatic rings. The Morgan fingerprint density at radius 3 is 2.28 bits per heavy atom. The Morgan fingerprint density at radius 1 is 1.17 bits per heavy atom. The number of hydrazine groups is 1. The maximum atomic E-state index is 14.6. The van der Waals surface area contributed by atoms with Crippen LogP contribution in [0.25, 0.3) is 5.70 Å². The highest BCUT2D eigenvalue weighted by Gasteiger charge is 2.35. The number of rotatable bonds is 13. The number of nitrogens with two attached hydrogens (primary N) is 2. The summed E-state index contributed by atoms with van der Waals surface area (Å²) in [5.41, 5.74) is 9.98. The quantitative estimate of drug-likeness (QED) is 0.0765. The Balaban J connectivity index is 0.00000518. The summed E-state index contributed by atoms with van der Waals surface area (Å²) in [7, 11) is 5.25. The van der Waals surface area contributed by atoms with Gasteiger partial charge in [0, 0.05) is 55.9 Å². The van der Waals surface area contributed by atoms with E-state index in [1.165, 1.54) is 16.1 Å². The Labute approximate surface area is 270 Å². The summed E-state index contributed by atoms with van der Waals surface area (Å²) < 4.78 is 56.9. The van der Waals surface area contributed by atoms with Gasteiger partial charge in [0.05, 0.1) is 29.2 Å². The molecular weight excluding hydrogens is 600 g/mol. The lowest BCUT2D eigenvalue weighted by molar-refractivity contribution is -0.156. The number of hydrogen-bond donors (Lipinski definition) is 3. The highest BCUT2D eigenvalue weighted by Crippen LogP contribution is 2.31. The zero-order chi connectivity index (χ0) is 35.5. The van der Waals surface area contributed by atoms with E-state index in [2.05, 4.69) is 17.0 Å². The van der Waals surface area contributed by atoms with Crippen molar-refractivity contribution in [3.63, 3.8) is 0 Å². The third kappa shape index (κ3) is 11.1. The molecule has 0 radical (unpaired) electrons. The average Bonchev–Trinajstić information content (AvgIpc) is 3.32. The van der Waals surface area contributed by atoms with Gasteiger partial charge in [0.2, 0.25) is 0 Å². The van der Waals surface area contributed by atoms with Crippen molar-refractivity contribution in [1.29, 1.82) is 0 Å². The number of benzene rings is 1. The molecule has 1 unspecified atom stereocenters. The van der Waals surface area contributed by atoms with Crippen molar-refractivity contribution in [3.8, 4) is 0 Å². The van der Waals surface area contributed by atoms with Gasteiger partial charge in [-0.1, -0.05) is 40.3 Å². The highest BCUT2D eigenvalue weighted by molar-refractivity contribution is 6.06. The number of carbonyl (C=O) groups excluding carboxylic acids is 1. The topological polar surface area (TPSA) is 109 Å². The minimum atomic E-state index is -4.62. The second-order valence-electron chi connectivity index (χ2n) is 10.9. The molecule has 0 saturated carbocycles. The summed E-state index contributed by atoms with van der Waals surface area (Å²) in [4.78, 5) is 17.0. The van der Waals surface area contributed by atoms with Crippen LogP contribution < -0.4 is 21.9 Å². The fraction of sp³-hybridized carbons (Fsp3) is 0.455. The molecule has 1 aromatic carbocycles. The highest BCUT2D eigenvalue weighted by atomic mass is 19.4. The van der Waals surface area contributed by atoms with Gasteiger partial charge in [-0.15, -0.1) is 0 Å². The molecule has 2 aromatic rings. The number of allylic oxidation sites excluding steroid dienone is 2. The van der Waals surface area contributed by atoms with E-state index in [-0.39, 0.29) is 17.0 Å². The first-order valence-corrected chi connectivity index (χ1v) is 15.0. The van der Waals surface area contributed by atoms with E-state index >= 15 is 0 Å². The predicted octanol–water partition coefficient (Wildman–Crippen LogP) is 6.32. The molecule has 0 aliphatic heterocycles. The van der Waals surface area contributed by atoms with E-state index < -0.39 is 23.8 Å². The minimum absolute atomic E-state index is 0.106. The number of aryl methyl sites for hydroxylation is 2. The van der Waals surface area contributed by atoms with Crippen molar-refractivity contribution in [3.05, 3.63) is 82.7 Å². The first-order chi connectivity index (χ1) is 21.4. The van der Waals surface area contributed by atoms with Crippen LogP contribution in [0.5, 0.6) is 0 Å². The molecule has 0 fully saturated rings. The lowest BCUT2D eigenvalue weighted by Crippen LogP contribution is -2.31. The van der Waals surface area contributed by atoms with E-state index in [9.17, 15) is 22.4 Å². The molecule has 13 heteroatoms. The standard InChI is InChI=1S/C31H44F4N8O.C2H6/c1-10-40(7)11-12-41(8)29(22(5)32)15-24(14-20(3)31(33,34)35)30(44)39-25-13-19(2)21(4)28(16-25)43(37)18-27(36)26-17-38-42(9)23(26)6;1-2/h13-18,20H,5,10-12,36-37H2,1-4,6-9H3,(H,39,44);1-2H3/b24-14+,27-18-,29-15+;. The van der Waals surface area contributed by atoms with E-state index in [1.54, 1.807) is 44.0 Å². The van der Waals surface area contributed by atoms with Gasteiger partial charge in [-0.2, -0.15) is 18.3 Å². The molecule has 9 nitrogen and oxygen atoms in total. The van der Waals surface area contributed by atoms with Crippen LogP contribution in [0.4, 0.5) is 28.9 Å². The third-order valence-electron chi connectivity index (χ3n) is 7.55. The van der Waals surface area contributed by atoms with E-state index in [0.717, 1.165) is 42.4 Å². The molecule has 0 bridgehead atoms. The lowest BCUT2D eigenvalue weighted by Gasteiger charge is -2.25. The van der Waals surface area contributed by atoms with Gasteiger partial charge in [-0.25, -0.2) is 10.2 Å². The molecule has 5 N–H and O–H groups in total. The van der Waals surface area contributed by atoms with Gasteiger partial charge >= 0.3 is 6.18 Å². The number of halogens is 4. The molecule has 1 atom stereocenters.